The van der Waals surface area contributed by atoms with E-state index < -0.39 is 0 Å². The van der Waals surface area contributed by atoms with Gasteiger partial charge in [0.15, 0.2) is 0 Å². The standard InChI is InChI=1S/C19H26N4OS/c1-4-6-16-13-20-15(3)21-18(16)22-8-5-9-23(11-10-22)19(24)17-14(2)7-12-25-17/h7,12-13H,4-6,8-11H2,1-3H3. The summed E-state index contributed by atoms with van der Waals surface area (Å²) in [6, 6.07) is 2.02. The molecule has 134 valence electrons. The van der Waals surface area contributed by atoms with Gasteiger partial charge in [-0.3, -0.25) is 4.79 Å². The average molecular weight is 359 g/mol. The lowest BCUT2D eigenvalue weighted by Gasteiger charge is -2.25. The van der Waals surface area contributed by atoms with Gasteiger partial charge in [-0.25, -0.2) is 9.97 Å². The van der Waals surface area contributed by atoms with Gasteiger partial charge in [-0.1, -0.05) is 13.3 Å². The number of nitrogens with zero attached hydrogens (tertiary/aromatic N) is 4. The molecule has 1 amide bonds. The van der Waals surface area contributed by atoms with Gasteiger partial charge in [-0.2, -0.15) is 0 Å². The van der Waals surface area contributed by atoms with E-state index in [4.69, 9.17) is 4.98 Å². The molecule has 3 heterocycles. The van der Waals surface area contributed by atoms with Crippen molar-refractivity contribution in [2.45, 2.75) is 40.0 Å². The fourth-order valence-electron chi connectivity index (χ4n) is 3.27. The summed E-state index contributed by atoms with van der Waals surface area (Å²) in [4.78, 5) is 27.1. The maximum Gasteiger partial charge on any atom is 0.264 e. The summed E-state index contributed by atoms with van der Waals surface area (Å²) in [6.45, 7) is 9.42. The molecule has 0 N–H and O–H groups in total. The Morgan fingerprint density at radius 2 is 2.08 bits per heavy atom. The van der Waals surface area contributed by atoms with E-state index in [1.54, 1.807) is 11.3 Å². The number of hydrogen-bond acceptors (Lipinski definition) is 5. The number of carbonyl (C=O) groups excluding carboxylic acids is 1. The molecule has 1 aliphatic heterocycles. The van der Waals surface area contributed by atoms with Crippen molar-refractivity contribution in [1.82, 2.24) is 14.9 Å². The minimum atomic E-state index is 0.169. The highest BCUT2D eigenvalue weighted by Crippen LogP contribution is 2.23. The molecular weight excluding hydrogens is 332 g/mol. The zero-order chi connectivity index (χ0) is 17.8. The van der Waals surface area contributed by atoms with E-state index in [2.05, 4.69) is 16.8 Å². The summed E-state index contributed by atoms with van der Waals surface area (Å²) in [5, 5.41) is 1.99. The van der Waals surface area contributed by atoms with Crippen LogP contribution in [0, 0.1) is 13.8 Å². The molecule has 0 radical (unpaired) electrons. The number of hydrogen-bond donors (Lipinski definition) is 0. The summed E-state index contributed by atoms with van der Waals surface area (Å²) in [5.41, 5.74) is 2.29. The Morgan fingerprint density at radius 3 is 2.80 bits per heavy atom. The third-order valence-electron chi connectivity index (χ3n) is 4.62. The van der Waals surface area contributed by atoms with Gasteiger partial charge in [0, 0.05) is 37.9 Å². The van der Waals surface area contributed by atoms with Crippen molar-refractivity contribution in [3.63, 3.8) is 0 Å². The smallest absolute Gasteiger partial charge is 0.264 e. The van der Waals surface area contributed by atoms with Crippen molar-refractivity contribution in [2.24, 2.45) is 0 Å². The molecule has 1 aliphatic rings. The van der Waals surface area contributed by atoms with Crippen LogP contribution in [0.2, 0.25) is 0 Å². The first-order chi connectivity index (χ1) is 12.1. The number of aromatic nitrogens is 2. The molecule has 0 bridgehead atoms. The van der Waals surface area contributed by atoms with Crippen LogP contribution in [0.25, 0.3) is 0 Å². The van der Waals surface area contributed by atoms with Crippen molar-refractivity contribution in [3.8, 4) is 0 Å². The van der Waals surface area contributed by atoms with Gasteiger partial charge in [-0.05, 0) is 43.7 Å². The fraction of sp³-hybridized carbons (Fsp3) is 0.526. The molecule has 2 aromatic rings. The Hall–Kier alpha value is -1.95. The van der Waals surface area contributed by atoms with Crippen molar-refractivity contribution >= 4 is 23.1 Å². The molecule has 5 nitrogen and oxygen atoms in total. The normalized spacial score (nSPS) is 15.3. The summed E-state index contributed by atoms with van der Waals surface area (Å²) >= 11 is 1.54. The Morgan fingerprint density at radius 1 is 1.24 bits per heavy atom. The van der Waals surface area contributed by atoms with E-state index in [1.807, 2.05) is 36.4 Å². The fourth-order valence-corrected chi connectivity index (χ4v) is 4.16. The molecule has 3 rings (SSSR count). The van der Waals surface area contributed by atoms with E-state index in [1.165, 1.54) is 5.56 Å². The molecule has 25 heavy (non-hydrogen) atoms. The minimum Gasteiger partial charge on any atom is -0.354 e. The lowest BCUT2D eigenvalue weighted by Crippen LogP contribution is -2.35. The van der Waals surface area contributed by atoms with Gasteiger partial charge in [-0.15, -0.1) is 11.3 Å². The topological polar surface area (TPSA) is 49.3 Å². The average Bonchev–Trinajstić information content (AvgIpc) is 2.88. The van der Waals surface area contributed by atoms with Crippen molar-refractivity contribution < 1.29 is 4.79 Å². The largest absolute Gasteiger partial charge is 0.354 e. The summed E-state index contributed by atoms with van der Waals surface area (Å²) in [5.74, 6) is 2.03. The molecular formula is C19H26N4OS. The number of carbonyl (C=O) groups is 1. The SMILES string of the molecule is CCCc1cnc(C)nc1N1CCCN(C(=O)c2sccc2C)CC1. The Balaban J connectivity index is 1.75. The maximum absolute atomic E-state index is 12.8. The van der Waals surface area contributed by atoms with Crippen LogP contribution in [0.5, 0.6) is 0 Å². The van der Waals surface area contributed by atoms with Crippen LogP contribution in [-0.4, -0.2) is 47.0 Å². The molecule has 1 fully saturated rings. The Labute approximate surface area is 153 Å². The second-order valence-corrected chi connectivity index (χ2v) is 7.50. The first kappa shape index (κ1) is 17.9. The maximum atomic E-state index is 12.8. The predicted octanol–water partition coefficient (Wildman–Crippen LogP) is 3.46. The van der Waals surface area contributed by atoms with Crippen LogP contribution in [-0.2, 0) is 6.42 Å². The summed E-state index contributed by atoms with van der Waals surface area (Å²) in [6.07, 6.45) is 4.99. The van der Waals surface area contributed by atoms with E-state index >= 15 is 0 Å². The van der Waals surface area contributed by atoms with Crippen LogP contribution in [0.1, 0.15) is 46.4 Å². The highest BCUT2D eigenvalue weighted by Gasteiger charge is 2.23. The molecule has 0 spiro atoms. The van der Waals surface area contributed by atoms with E-state index in [-0.39, 0.29) is 5.91 Å². The van der Waals surface area contributed by atoms with E-state index in [0.717, 1.165) is 67.5 Å². The predicted molar refractivity (Wildman–Crippen MR) is 103 cm³/mol. The number of rotatable bonds is 4. The van der Waals surface area contributed by atoms with Crippen LogP contribution in [0.3, 0.4) is 0 Å². The molecule has 0 aromatic carbocycles. The zero-order valence-electron chi connectivity index (χ0n) is 15.3. The van der Waals surface area contributed by atoms with E-state index in [0.29, 0.717) is 0 Å². The second-order valence-electron chi connectivity index (χ2n) is 6.58. The van der Waals surface area contributed by atoms with Gasteiger partial charge in [0.05, 0.1) is 4.88 Å². The molecule has 0 atom stereocenters. The molecule has 0 saturated carbocycles. The van der Waals surface area contributed by atoms with Gasteiger partial charge < -0.3 is 9.80 Å². The number of aryl methyl sites for hydroxylation is 3. The number of amides is 1. The number of anilines is 1. The number of thiophene rings is 1. The van der Waals surface area contributed by atoms with Gasteiger partial charge >= 0.3 is 0 Å². The van der Waals surface area contributed by atoms with Crippen LogP contribution in [0.4, 0.5) is 5.82 Å². The van der Waals surface area contributed by atoms with Crippen molar-refractivity contribution in [1.29, 1.82) is 0 Å². The molecule has 0 unspecified atom stereocenters. The molecule has 2 aromatic heterocycles. The summed E-state index contributed by atoms with van der Waals surface area (Å²) in [7, 11) is 0. The van der Waals surface area contributed by atoms with Gasteiger partial charge in [0.25, 0.3) is 5.91 Å². The van der Waals surface area contributed by atoms with Crippen LogP contribution >= 0.6 is 11.3 Å². The monoisotopic (exact) mass is 358 g/mol. The Bertz CT molecular complexity index is 743. The quantitative estimate of drug-likeness (QED) is 0.840. The van der Waals surface area contributed by atoms with Crippen LogP contribution in [0.15, 0.2) is 17.6 Å². The first-order valence-corrected chi connectivity index (χ1v) is 9.89. The van der Waals surface area contributed by atoms with Crippen LogP contribution < -0.4 is 4.90 Å². The van der Waals surface area contributed by atoms with Gasteiger partial charge in [0.2, 0.25) is 0 Å². The van der Waals surface area contributed by atoms with Crippen molar-refractivity contribution in [3.05, 3.63) is 39.5 Å². The molecule has 0 aliphatic carbocycles. The molecule has 1 saturated heterocycles. The molecule has 6 heteroatoms. The highest BCUT2D eigenvalue weighted by molar-refractivity contribution is 7.12. The van der Waals surface area contributed by atoms with Crippen molar-refractivity contribution in [2.75, 3.05) is 31.1 Å². The van der Waals surface area contributed by atoms with E-state index in [9.17, 15) is 4.79 Å². The second kappa shape index (κ2) is 7.95. The lowest BCUT2D eigenvalue weighted by atomic mass is 10.1. The summed E-state index contributed by atoms with van der Waals surface area (Å²) < 4.78 is 0. The zero-order valence-corrected chi connectivity index (χ0v) is 16.1. The lowest BCUT2D eigenvalue weighted by molar-refractivity contribution is 0.0771. The third-order valence-corrected chi connectivity index (χ3v) is 5.62. The van der Waals surface area contributed by atoms with Gasteiger partial charge in [0.1, 0.15) is 11.6 Å². The first-order valence-electron chi connectivity index (χ1n) is 9.01. The highest BCUT2D eigenvalue weighted by atomic mass is 32.1. The minimum absolute atomic E-state index is 0.169. The Kier molecular flexibility index (Phi) is 5.68. The third kappa shape index (κ3) is 4.00.